The number of fused-ring (bicyclic) bond motifs is 1. The molecule has 1 saturated carbocycles. The van der Waals surface area contributed by atoms with E-state index in [4.69, 9.17) is 0 Å². The fourth-order valence-electron chi connectivity index (χ4n) is 3.97. The molecule has 0 radical (unpaired) electrons. The lowest BCUT2D eigenvalue weighted by Gasteiger charge is -2.36. The lowest BCUT2D eigenvalue weighted by Crippen LogP contribution is -2.49. The van der Waals surface area contributed by atoms with E-state index in [0.29, 0.717) is 12.3 Å². The first-order chi connectivity index (χ1) is 13.7. The Balaban J connectivity index is 2.08. The normalized spacial score (nSPS) is 25.7. The number of carbonyl (C=O) groups is 1. The Bertz CT molecular complexity index is 903. The molecule has 168 valence electrons. The number of carbonyl (C=O) groups excluding carboxylic acids is 1. The van der Waals surface area contributed by atoms with Gasteiger partial charge in [-0.1, -0.05) is 32.6 Å². The molecule has 0 aliphatic heterocycles. The van der Waals surface area contributed by atoms with Crippen molar-refractivity contribution in [2.24, 2.45) is 11.8 Å². The van der Waals surface area contributed by atoms with Gasteiger partial charge in [0.15, 0.2) is 0 Å². The highest BCUT2D eigenvalue weighted by Gasteiger charge is 2.37. The minimum absolute atomic E-state index is 0.0504. The lowest BCUT2D eigenvalue weighted by molar-refractivity contribution is -0.125. The molecule has 0 spiro atoms. The molecule has 0 heterocycles. The van der Waals surface area contributed by atoms with Crippen molar-refractivity contribution in [1.29, 1.82) is 0 Å². The van der Waals surface area contributed by atoms with Crippen molar-refractivity contribution in [3.05, 3.63) is 47.2 Å². The fourth-order valence-corrected chi connectivity index (χ4v) is 4.69. The number of amides is 1. The maximum atomic E-state index is 13.0. The van der Waals surface area contributed by atoms with E-state index in [1.807, 2.05) is 6.92 Å². The van der Waals surface area contributed by atoms with E-state index in [-0.39, 0.29) is 23.1 Å². The maximum absolute atomic E-state index is 13.0. The van der Waals surface area contributed by atoms with Gasteiger partial charge in [-0.05, 0) is 89.0 Å². The van der Waals surface area contributed by atoms with Gasteiger partial charge < -0.3 is 5.32 Å². The van der Waals surface area contributed by atoms with E-state index < -0.39 is 14.8 Å². The standard InChI is InChI=1S/C24H38N2O3S/c1-9-19(11-10-17(3)26-30(28,29)23(5,6)7)22(27)25-24(8)13-12-20-14-16(2)15-21(20)18(24)4/h10-12,16,19,26H,3,9,13-15H2,1-2,4-8H3,(H,25,27)/b11-10-/t16?,19?,24-/m0/s1. The molecule has 2 aliphatic carbocycles. The Morgan fingerprint density at radius 1 is 1.37 bits per heavy atom. The van der Waals surface area contributed by atoms with Gasteiger partial charge in [-0.2, -0.15) is 0 Å². The van der Waals surface area contributed by atoms with Crippen LogP contribution in [0.2, 0.25) is 0 Å². The van der Waals surface area contributed by atoms with E-state index in [1.54, 1.807) is 32.9 Å². The minimum Gasteiger partial charge on any atom is -0.346 e. The average molecular weight is 435 g/mol. The van der Waals surface area contributed by atoms with E-state index in [9.17, 15) is 13.2 Å². The molecule has 3 atom stereocenters. The van der Waals surface area contributed by atoms with Crippen LogP contribution in [0.25, 0.3) is 0 Å². The van der Waals surface area contributed by atoms with Gasteiger partial charge >= 0.3 is 0 Å². The Labute approximate surface area is 182 Å². The highest BCUT2D eigenvalue weighted by Crippen LogP contribution is 2.44. The molecule has 0 aromatic carbocycles. The molecule has 0 aromatic heterocycles. The summed E-state index contributed by atoms with van der Waals surface area (Å²) in [6.45, 7) is 17.1. The van der Waals surface area contributed by atoms with Crippen molar-refractivity contribution in [2.75, 3.05) is 0 Å². The third-order valence-corrected chi connectivity index (χ3v) is 8.47. The molecule has 6 heteroatoms. The van der Waals surface area contributed by atoms with Gasteiger partial charge in [0.2, 0.25) is 15.9 Å². The van der Waals surface area contributed by atoms with Crippen LogP contribution in [0.15, 0.2) is 47.2 Å². The van der Waals surface area contributed by atoms with Crippen LogP contribution in [-0.4, -0.2) is 24.6 Å². The van der Waals surface area contributed by atoms with Gasteiger partial charge in [-0.25, -0.2) is 8.42 Å². The molecule has 1 fully saturated rings. The van der Waals surface area contributed by atoms with Crippen LogP contribution in [0.5, 0.6) is 0 Å². The third-order valence-electron chi connectivity index (χ3n) is 6.32. The first kappa shape index (κ1) is 24.4. The first-order valence-electron chi connectivity index (χ1n) is 10.8. The highest BCUT2D eigenvalue weighted by atomic mass is 32.2. The zero-order valence-corrected chi connectivity index (χ0v) is 20.4. The van der Waals surface area contributed by atoms with Gasteiger partial charge in [-0.15, -0.1) is 0 Å². The summed E-state index contributed by atoms with van der Waals surface area (Å²) >= 11 is 0. The number of rotatable bonds is 7. The van der Waals surface area contributed by atoms with Crippen LogP contribution in [0, 0.1) is 11.8 Å². The third kappa shape index (κ3) is 5.26. The second-order valence-corrected chi connectivity index (χ2v) is 12.4. The van der Waals surface area contributed by atoms with Crippen molar-refractivity contribution < 1.29 is 13.2 Å². The molecule has 5 nitrogen and oxygen atoms in total. The summed E-state index contributed by atoms with van der Waals surface area (Å²) in [6.07, 6.45) is 9.22. The molecule has 0 aromatic rings. The summed E-state index contributed by atoms with van der Waals surface area (Å²) in [4.78, 5) is 13.0. The summed E-state index contributed by atoms with van der Waals surface area (Å²) in [7, 11) is -3.54. The van der Waals surface area contributed by atoms with Crippen molar-refractivity contribution in [1.82, 2.24) is 10.0 Å². The highest BCUT2D eigenvalue weighted by molar-refractivity contribution is 7.90. The van der Waals surface area contributed by atoms with Crippen molar-refractivity contribution in [3.8, 4) is 0 Å². The van der Waals surface area contributed by atoms with Crippen molar-refractivity contribution >= 4 is 15.9 Å². The quantitative estimate of drug-likeness (QED) is 0.568. The predicted octanol–water partition coefficient (Wildman–Crippen LogP) is 4.75. The maximum Gasteiger partial charge on any atom is 0.237 e. The second-order valence-electron chi connectivity index (χ2n) is 9.99. The summed E-state index contributed by atoms with van der Waals surface area (Å²) in [5, 5.41) is 3.26. The first-order valence-corrected chi connectivity index (χ1v) is 12.3. The molecular weight excluding hydrogens is 396 g/mol. The minimum atomic E-state index is -3.54. The largest absolute Gasteiger partial charge is 0.346 e. The number of sulfonamides is 1. The van der Waals surface area contributed by atoms with Crippen molar-refractivity contribution in [3.63, 3.8) is 0 Å². The number of hydrogen-bond acceptors (Lipinski definition) is 3. The average Bonchev–Trinajstić information content (AvgIpc) is 2.99. The Hall–Kier alpha value is -1.82. The summed E-state index contributed by atoms with van der Waals surface area (Å²) in [5.41, 5.74) is 3.99. The molecule has 1 amide bonds. The molecule has 2 unspecified atom stereocenters. The molecular formula is C24H38N2O3S. The summed E-state index contributed by atoms with van der Waals surface area (Å²) < 4.78 is 26.1. The molecule has 0 bridgehead atoms. The van der Waals surface area contributed by atoms with Crippen LogP contribution in [0.4, 0.5) is 0 Å². The van der Waals surface area contributed by atoms with E-state index in [1.165, 1.54) is 16.7 Å². The second kappa shape index (κ2) is 8.74. The van der Waals surface area contributed by atoms with Gasteiger partial charge in [0.25, 0.3) is 0 Å². The fraction of sp³-hybridized carbons (Fsp3) is 0.625. The lowest BCUT2D eigenvalue weighted by atomic mass is 9.79. The van der Waals surface area contributed by atoms with Crippen LogP contribution in [-0.2, 0) is 14.8 Å². The van der Waals surface area contributed by atoms with Crippen LogP contribution in [0.1, 0.15) is 74.1 Å². The summed E-state index contributed by atoms with van der Waals surface area (Å²) in [5.74, 6) is 0.252. The predicted molar refractivity (Wildman–Crippen MR) is 124 cm³/mol. The zero-order valence-electron chi connectivity index (χ0n) is 19.6. The smallest absolute Gasteiger partial charge is 0.237 e. The number of hydrogen-bond donors (Lipinski definition) is 2. The van der Waals surface area contributed by atoms with Crippen LogP contribution >= 0.6 is 0 Å². The van der Waals surface area contributed by atoms with Crippen LogP contribution in [0.3, 0.4) is 0 Å². The molecule has 2 rings (SSSR count). The Morgan fingerprint density at radius 2 is 2.00 bits per heavy atom. The van der Waals surface area contributed by atoms with Gasteiger partial charge in [0.05, 0.1) is 16.2 Å². The molecule has 0 saturated heterocycles. The van der Waals surface area contributed by atoms with Gasteiger partial charge in [0, 0.05) is 5.70 Å². The zero-order chi connectivity index (χ0) is 22.9. The van der Waals surface area contributed by atoms with E-state index in [0.717, 1.165) is 19.3 Å². The van der Waals surface area contributed by atoms with E-state index >= 15 is 0 Å². The molecule has 30 heavy (non-hydrogen) atoms. The van der Waals surface area contributed by atoms with Crippen molar-refractivity contribution in [2.45, 2.75) is 84.4 Å². The SMILES string of the molecule is C=C(/C=C\C(CC)C(=O)N[C@@]1(C)CC=C2CC(C)CC2=C1C)NS(=O)(=O)C(C)(C)C. The van der Waals surface area contributed by atoms with Gasteiger partial charge in [-0.3, -0.25) is 9.52 Å². The van der Waals surface area contributed by atoms with Crippen LogP contribution < -0.4 is 10.0 Å². The van der Waals surface area contributed by atoms with Gasteiger partial charge in [0.1, 0.15) is 0 Å². The number of nitrogens with one attached hydrogen (secondary N) is 2. The molecule has 2 N–H and O–H groups in total. The van der Waals surface area contributed by atoms with E-state index in [2.05, 4.69) is 43.5 Å². The topological polar surface area (TPSA) is 75.3 Å². The monoisotopic (exact) mass is 434 g/mol. The Morgan fingerprint density at radius 3 is 2.57 bits per heavy atom. The summed E-state index contributed by atoms with van der Waals surface area (Å²) in [6, 6.07) is 0. The Kier molecular flexibility index (Phi) is 7.12. The molecule has 2 aliphatic rings. The number of allylic oxidation sites excluding steroid dienone is 3.